The molecule has 1 atom stereocenters. The van der Waals surface area contributed by atoms with Gasteiger partial charge in [0.1, 0.15) is 5.58 Å². The summed E-state index contributed by atoms with van der Waals surface area (Å²) in [6.45, 7) is 10.2. The first-order valence-corrected chi connectivity index (χ1v) is 13.9. The minimum atomic E-state index is -0.768. The summed E-state index contributed by atoms with van der Waals surface area (Å²) in [7, 11) is 0. The molecule has 0 fully saturated rings. The topological polar surface area (TPSA) is 74.0 Å². The molecule has 3 aromatic carbocycles. The Balaban J connectivity index is 1.60. The Labute approximate surface area is 236 Å². The van der Waals surface area contributed by atoms with E-state index in [1.807, 2.05) is 68.4 Å². The number of nitrogens with zero attached hydrogens (tertiary/aromatic N) is 2. The fraction of sp³-hybridized carbons (Fsp3) is 0.250. The highest BCUT2D eigenvalue weighted by Gasteiger charge is 2.44. The van der Waals surface area contributed by atoms with Gasteiger partial charge in [-0.1, -0.05) is 51.8 Å². The van der Waals surface area contributed by atoms with Crippen LogP contribution in [0.5, 0.6) is 0 Å². The Hall–Kier alpha value is -3.84. The quantitative estimate of drug-likeness (QED) is 0.217. The first-order valence-electron chi connectivity index (χ1n) is 13.1. The number of halogens is 1. The van der Waals surface area contributed by atoms with E-state index in [9.17, 15) is 14.7 Å². The molecule has 6 nitrogen and oxygen atoms in total. The fourth-order valence-electron chi connectivity index (χ4n) is 5.26. The zero-order valence-electron chi connectivity index (χ0n) is 22.5. The van der Waals surface area contributed by atoms with Crippen molar-refractivity contribution in [1.29, 1.82) is 0 Å². The SMILES string of the molecule is CCN(CC)c1ccc(C2C(C(=O)c3cc4cc(Br)ccc4o3)=C(O)C(=O)N2Cc2cc(C)ccc2C)cc1. The molecule has 1 aliphatic rings. The van der Waals surface area contributed by atoms with Gasteiger partial charge in [-0.3, -0.25) is 9.59 Å². The third-order valence-corrected chi connectivity index (χ3v) is 7.93. The van der Waals surface area contributed by atoms with Crippen LogP contribution >= 0.6 is 15.9 Å². The Kier molecular flexibility index (Phi) is 7.36. The van der Waals surface area contributed by atoms with Gasteiger partial charge in [0.05, 0.1) is 11.6 Å². The average molecular weight is 588 g/mol. The fourth-order valence-corrected chi connectivity index (χ4v) is 5.64. The molecule has 4 aromatic rings. The lowest BCUT2D eigenvalue weighted by Gasteiger charge is -2.28. The summed E-state index contributed by atoms with van der Waals surface area (Å²) in [5.41, 5.74) is 5.45. The van der Waals surface area contributed by atoms with Crippen LogP contribution in [0, 0.1) is 13.8 Å². The molecule has 0 saturated heterocycles. The lowest BCUT2D eigenvalue weighted by molar-refractivity contribution is -0.130. The number of hydrogen-bond acceptors (Lipinski definition) is 5. The summed E-state index contributed by atoms with van der Waals surface area (Å²) in [5, 5.41) is 11.9. The molecule has 0 bridgehead atoms. The van der Waals surface area contributed by atoms with Crippen LogP contribution in [0.25, 0.3) is 11.0 Å². The van der Waals surface area contributed by atoms with Gasteiger partial charge < -0.3 is 19.3 Å². The van der Waals surface area contributed by atoms with Crippen LogP contribution in [0.15, 0.2) is 87.0 Å². The van der Waals surface area contributed by atoms with Crippen molar-refractivity contribution in [3.05, 3.63) is 111 Å². The van der Waals surface area contributed by atoms with Crippen LogP contribution < -0.4 is 4.90 Å². The number of amides is 1. The Morgan fingerprint density at radius 2 is 1.72 bits per heavy atom. The van der Waals surface area contributed by atoms with E-state index in [1.165, 1.54) is 0 Å². The van der Waals surface area contributed by atoms with E-state index < -0.39 is 23.5 Å². The molecule has 0 saturated carbocycles. The summed E-state index contributed by atoms with van der Waals surface area (Å²) >= 11 is 3.45. The maximum absolute atomic E-state index is 13.9. The minimum absolute atomic E-state index is 0.0269. The Bertz CT molecular complexity index is 1600. The lowest BCUT2D eigenvalue weighted by Crippen LogP contribution is -2.31. The normalized spacial score (nSPS) is 15.5. The monoisotopic (exact) mass is 586 g/mol. The summed E-state index contributed by atoms with van der Waals surface area (Å²) in [6.07, 6.45) is 0. The van der Waals surface area contributed by atoms with E-state index in [0.717, 1.165) is 50.9 Å². The van der Waals surface area contributed by atoms with Crippen LogP contribution in [0.2, 0.25) is 0 Å². The highest BCUT2D eigenvalue weighted by Crippen LogP contribution is 2.41. The lowest BCUT2D eigenvalue weighted by atomic mass is 9.94. The second-order valence-corrected chi connectivity index (χ2v) is 10.8. The largest absolute Gasteiger partial charge is 0.503 e. The maximum atomic E-state index is 13.9. The van der Waals surface area contributed by atoms with Crippen molar-refractivity contribution in [2.75, 3.05) is 18.0 Å². The van der Waals surface area contributed by atoms with Gasteiger partial charge in [0, 0.05) is 35.2 Å². The van der Waals surface area contributed by atoms with Gasteiger partial charge >= 0.3 is 0 Å². The van der Waals surface area contributed by atoms with Crippen LogP contribution in [0.1, 0.15) is 52.7 Å². The number of ketones is 1. The summed E-state index contributed by atoms with van der Waals surface area (Å²) in [4.78, 5) is 31.3. The molecule has 5 rings (SSSR count). The predicted octanol–water partition coefficient (Wildman–Crippen LogP) is 7.44. The highest BCUT2D eigenvalue weighted by molar-refractivity contribution is 9.10. The molecule has 7 heteroatoms. The number of aliphatic hydroxyl groups excluding tert-OH is 1. The van der Waals surface area contributed by atoms with Crippen molar-refractivity contribution >= 4 is 44.3 Å². The first kappa shape index (κ1) is 26.8. The molecule has 2 heterocycles. The second kappa shape index (κ2) is 10.7. The van der Waals surface area contributed by atoms with Crippen molar-refractivity contribution in [3.8, 4) is 0 Å². The van der Waals surface area contributed by atoms with Crippen LogP contribution in [0.3, 0.4) is 0 Å². The number of furan rings is 1. The molecule has 1 aromatic heterocycles. The number of aliphatic hydroxyl groups is 1. The standard InChI is InChI=1S/C32H31BrN2O4/c1-5-34(6-2)25-12-9-21(10-13-25)29-28(30(36)27-17-22-16-24(33)11-14-26(22)39-27)31(37)32(38)35(29)18-23-15-19(3)7-8-20(23)4/h7-17,29,37H,5-6,18H2,1-4H3. The van der Waals surface area contributed by atoms with E-state index in [0.29, 0.717) is 5.58 Å². The number of hydrogen-bond donors (Lipinski definition) is 1. The third-order valence-electron chi connectivity index (χ3n) is 7.43. The summed E-state index contributed by atoms with van der Waals surface area (Å²) in [5.74, 6) is -1.54. The minimum Gasteiger partial charge on any atom is -0.503 e. The van der Waals surface area contributed by atoms with Gasteiger partial charge in [0.2, 0.25) is 5.78 Å². The summed E-state index contributed by atoms with van der Waals surface area (Å²) < 4.78 is 6.74. The molecular formula is C32H31BrN2O4. The predicted molar refractivity (Wildman–Crippen MR) is 157 cm³/mol. The average Bonchev–Trinajstić information content (AvgIpc) is 3.45. The summed E-state index contributed by atoms with van der Waals surface area (Å²) in [6, 6.07) is 20.3. The van der Waals surface area contributed by atoms with Crippen LogP contribution in [-0.2, 0) is 11.3 Å². The number of anilines is 1. The number of carbonyl (C=O) groups is 2. The molecule has 0 radical (unpaired) electrons. The molecule has 1 aliphatic heterocycles. The van der Waals surface area contributed by atoms with Crippen LogP contribution in [-0.4, -0.2) is 34.8 Å². The molecule has 39 heavy (non-hydrogen) atoms. The zero-order valence-corrected chi connectivity index (χ0v) is 24.1. The van der Waals surface area contributed by atoms with Gasteiger partial charge in [-0.25, -0.2) is 0 Å². The highest BCUT2D eigenvalue weighted by atomic mass is 79.9. The number of fused-ring (bicyclic) bond motifs is 1. The number of benzene rings is 3. The van der Waals surface area contributed by atoms with Gasteiger partial charge in [-0.15, -0.1) is 0 Å². The molecule has 0 spiro atoms. The number of Topliss-reactive ketones (excluding diaryl/α,β-unsaturated/α-hetero) is 1. The maximum Gasteiger partial charge on any atom is 0.290 e. The molecule has 1 unspecified atom stereocenters. The van der Waals surface area contributed by atoms with E-state index >= 15 is 0 Å². The van der Waals surface area contributed by atoms with Crippen LogP contribution in [0.4, 0.5) is 5.69 Å². The zero-order chi connectivity index (χ0) is 27.8. The van der Waals surface area contributed by atoms with E-state index in [2.05, 4.69) is 34.7 Å². The Morgan fingerprint density at radius 1 is 1.00 bits per heavy atom. The number of carbonyl (C=O) groups excluding carboxylic acids is 2. The van der Waals surface area contributed by atoms with Crippen molar-refractivity contribution < 1.29 is 19.1 Å². The van der Waals surface area contributed by atoms with E-state index in [-0.39, 0.29) is 17.9 Å². The van der Waals surface area contributed by atoms with Gasteiger partial charge in [-0.2, -0.15) is 0 Å². The van der Waals surface area contributed by atoms with Gasteiger partial charge in [0.25, 0.3) is 5.91 Å². The first-order chi connectivity index (χ1) is 18.7. The van der Waals surface area contributed by atoms with Crippen molar-refractivity contribution in [1.82, 2.24) is 4.90 Å². The van der Waals surface area contributed by atoms with Crippen molar-refractivity contribution in [2.45, 2.75) is 40.3 Å². The van der Waals surface area contributed by atoms with Crippen molar-refractivity contribution in [2.24, 2.45) is 0 Å². The van der Waals surface area contributed by atoms with Crippen molar-refractivity contribution in [3.63, 3.8) is 0 Å². The molecular weight excluding hydrogens is 556 g/mol. The van der Waals surface area contributed by atoms with Gasteiger partial charge in [0.15, 0.2) is 11.5 Å². The van der Waals surface area contributed by atoms with Gasteiger partial charge in [-0.05, 0) is 80.8 Å². The molecule has 0 aliphatic carbocycles. The number of rotatable bonds is 8. The molecule has 1 amide bonds. The second-order valence-electron chi connectivity index (χ2n) is 9.91. The smallest absolute Gasteiger partial charge is 0.290 e. The molecule has 1 N–H and O–H groups in total. The Morgan fingerprint density at radius 3 is 2.41 bits per heavy atom. The number of aryl methyl sites for hydroxylation is 2. The molecule has 200 valence electrons. The van der Waals surface area contributed by atoms with E-state index in [4.69, 9.17) is 4.42 Å². The third kappa shape index (κ3) is 4.99. The van der Waals surface area contributed by atoms with E-state index in [1.54, 1.807) is 17.0 Å².